The fourth-order valence-electron chi connectivity index (χ4n) is 0.523. The molecule has 9 heavy (non-hydrogen) atoms. The van der Waals surface area contributed by atoms with Crippen LogP contribution in [0.3, 0.4) is 0 Å². The third kappa shape index (κ3) is 1.38. The van der Waals surface area contributed by atoms with E-state index < -0.39 is 0 Å². The smallest absolute Gasteiger partial charge is 0.250 e. The van der Waals surface area contributed by atoms with Crippen LogP contribution in [0, 0.1) is 6.92 Å². The summed E-state index contributed by atoms with van der Waals surface area (Å²) < 4.78 is 4.76. The zero-order valence-corrected chi connectivity index (χ0v) is 5.46. The molecule has 0 amide bonds. The van der Waals surface area contributed by atoms with Crippen LogP contribution in [0.1, 0.15) is 18.6 Å². The number of aryl methyl sites for hydroxylation is 1. The molecule has 0 aromatic carbocycles. The van der Waals surface area contributed by atoms with Crippen LogP contribution in [0.25, 0.3) is 6.08 Å². The van der Waals surface area contributed by atoms with E-state index in [9.17, 15) is 0 Å². The molecule has 1 heterocycles. The van der Waals surface area contributed by atoms with Crippen LogP contribution >= 0.6 is 0 Å². The number of aromatic nitrogens is 2. The van der Waals surface area contributed by atoms with Crippen molar-refractivity contribution in [2.75, 3.05) is 0 Å². The van der Waals surface area contributed by atoms with E-state index in [1.54, 1.807) is 13.0 Å². The Morgan fingerprint density at radius 3 is 2.78 bits per heavy atom. The molecule has 0 saturated heterocycles. The van der Waals surface area contributed by atoms with Gasteiger partial charge in [0.25, 0.3) is 0 Å². The Kier molecular flexibility index (Phi) is 1.63. The lowest BCUT2D eigenvalue weighted by atomic mass is 10.5. The summed E-state index contributed by atoms with van der Waals surface area (Å²) in [6.45, 7) is 3.69. The summed E-state index contributed by atoms with van der Waals surface area (Å²) in [5.74, 6) is 1.23. The van der Waals surface area contributed by atoms with Gasteiger partial charge in [0, 0.05) is 0 Å². The first kappa shape index (κ1) is 6.01. The maximum Gasteiger partial charge on any atom is 0.250 e. The number of hydrogen-bond acceptors (Lipinski definition) is 3. The third-order valence-electron chi connectivity index (χ3n) is 0.853. The van der Waals surface area contributed by atoms with E-state index in [4.69, 9.17) is 4.52 Å². The van der Waals surface area contributed by atoms with Crippen molar-refractivity contribution in [2.45, 2.75) is 13.8 Å². The molecule has 0 spiro atoms. The minimum Gasteiger partial charge on any atom is -0.335 e. The molecule has 48 valence electrons. The van der Waals surface area contributed by atoms with Gasteiger partial charge in [-0.25, -0.2) is 0 Å². The molecular weight excluding hydrogens is 116 g/mol. The minimum absolute atomic E-state index is 0.565. The lowest BCUT2D eigenvalue weighted by Gasteiger charge is -1.71. The van der Waals surface area contributed by atoms with E-state index in [1.807, 2.05) is 13.0 Å². The number of nitrogens with zero attached hydrogens (tertiary/aromatic N) is 2. The second-order valence-corrected chi connectivity index (χ2v) is 1.68. The van der Waals surface area contributed by atoms with Crippen molar-refractivity contribution in [1.82, 2.24) is 10.1 Å². The molecule has 0 bridgehead atoms. The topological polar surface area (TPSA) is 38.9 Å². The molecule has 3 heteroatoms. The predicted molar refractivity (Wildman–Crippen MR) is 33.7 cm³/mol. The number of rotatable bonds is 1. The summed E-state index contributed by atoms with van der Waals surface area (Å²) in [5.41, 5.74) is 0. The molecule has 1 rings (SSSR count). The van der Waals surface area contributed by atoms with Gasteiger partial charge in [-0.05, 0) is 19.9 Å². The second kappa shape index (κ2) is 2.44. The van der Waals surface area contributed by atoms with Crippen molar-refractivity contribution in [3.8, 4) is 0 Å². The molecule has 0 saturated carbocycles. The SMILES string of the molecule is C/C=C\c1nc(C)no1. The van der Waals surface area contributed by atoms with Crippen molar-refractivity contribution in [3.63, 3.8) is 0 Å². The third-order valence-corrected chi connectivity index (χ3v) is 0.853. The van der Waals surface area contributed by atoms with Crippen LogP contribution in [-0.4, -0.2) is 10.1 Å². The van der Waals surface area contributed by atoms with Crippen molar-refractivity contribution in [2.24, 2.45) is 0 Å². The highest BCUT2D eigenvalue weighted by Crippen LogP contribution is 1.96. The van der Waals surface area contributed by atoms with Gasteiger partial charge < -0.3 is 4.52 Å². The first-order valence-electron chi connectivity index (χ1n) is 2.76. The second-order valence-electron chi connectivity index (χ2n) is 1.68. The molecular formula is C6H8N2O. The van der Waals surface area contributed by atoms with E-state index in [2.05, 4.69) is 10.1 Å². The highest BCUT2D eigenvalue weighted by Gasteiger charge is 1.93. The van der Waals surface area contributed by atoms with Crippen molar-refractivity contribution in [3.05, 3.63) is 17.8 Å². The van der Waals surface area contributed by atoms with Crippen LogP contribution in [0.4, 0.5) is 0 Å². The lowest BCUT2D eigenvalue weighted by molar-refractivity contribution is 0.405. The van der Waals surface area contributed by atoms with Crippen molar-refractivity contribution < 1.29 is 4.52 Å². The van der Waals surface area contributed by atoms with E-state index >= 15 is 0 Å². The van der Waals surface area contributed by atoms with Crippen molar-refractivity contribution in [1.29, 1.82) is 0 Å². The molecule has 3 nitrogen and oxygen atoms in total. The number of allylic oxidation sites excluding steroid dienone is 1. The van der Waals surface area contributed by atoms with Crippen LogP contribution in [0.2, 0.25) is 0 Å². The summed E-state index contributed by atoms with van der Waals surface area (Å²) in [4.78, 5) is 3.94. The Balaban J connectivity index is 2.85. The average molecular weight is 124 g/mol. The highest BCUT2D eigenvalue weighted by atomic mass is 16.5. The van der Waals surface area contributed by atoms with Gasteiger partial charge in [0.1, 0.15) is 0 Å². The summed E-state index contributed by atoms with van der Waals surface area (Å²) in [7, 11) is 0. The fraction of sp³-hybridized carbons (Fsp3) is 0.333. The Bertz CT molecular complexity index is 215. The summed E-state index contributed by atoms with van der Waals surface area (Å²) >= 11 is 0. The van der Waals surface area contributed by atoms with Gasteiger partial charge in [0.05, 0.1) is 0 Å². The van der Waals surface area contributed by atoms with E-state index in [0.717, 1.165) is 0 Å². The first-order chi connectivity index (χ1) is 4.33. The van der Waals surface area contributed by atoms with E-state index in [-0.39, 0.29) is 0 Å². The maximum atomic E-state index is 4.76. The Morgan fingerprint density at radius 2 is 2.33 bits per heavy atom. The van der Waals surface area contributed by atoms with Gasteiger partial charge in [-0.15, -0.1) is 0 Å². The minimum atomic E-state index is 0.565. The average Bonchev–Trinajstić information content (AvgIpc) is 2.17. The van der Waals surface area contributed by atoms with Crippen LogP contribution < -0.4 is 0 Å². The molecule has 0 aliphatic carbocycles. The van der Waals surface area contributed by atoms with Gasteiger partial charge in [0.2, 0.25) is 5.89 Å². The molecule has 0 N–H and O–H groups in total. The Hall–Kier alpha value is -1.12. The summed E-state index contributed by atoms with van der Waals surface area (Å²) in [6, 6.07) is 0. The molecule has 0 fully saturated rings. The van der Waals surface area contributed by atoms with Crippen LogP contribution in [-0.2, 0) is 0 Å². The predicted octanol–water partition coefficient (Wildman–Crippen LogP) is 1.41. The largest absolute Gasteiger partial charge is 0.335 e. The highest BCUT2D eigenvalue weighted by molar-refractivity contribution is 5.35. The molecule has 0 aliphatic heterocycles. The molecule has 1 aromatic rings. The standard InChI is InChI=1S/C6H8N2O/c1-3-4-6-7-5(2)8-9-6/h3-4H,1-2H3/b4-3-. The number of hydrogen-bond donors (Lipinski definition) is 0. The quantitative estimate of drug-likeness (QED) is 0.568. The fourth-order valence-corrected chi connectivity index (χ4v) is 0.523. The van der Waals surface area contributed by atoms with Gasteiger partial charge in [-0.2, -0.15) is 4.98 Å². The molecule has 0 atom stereocenters. The maximum absolute atomic E-state index is 4.76. The van der Waals surface area contributed by atoms with Crippen LogP contribution in [0.15, 0.2) is 10.6 Å². The first-order valence-corrected chi connectivity index (χ1v) is 2.76. The van der Waals surface area contributed by atoms with Gasteiger partial charge in [0.15, 0.2) is 5.82 Å². The van der Waals surface area contributed by atoms with Gasteiger partial charge in [-0.3, -0.25) is 0 Å². The van der Waals surface area contributed by atoms with Crippen molar-refractivity contribution >= 4 is 6.08 Å². The monoisotopic (exact) mass is 124 g/mol. The zero-order valence-electron chi connectivity index (χ0n) is 5.46. The Labute approximate surface area is 53.4 Å². The normalized spacial score (nSPS) is 10.9. The van der Waals surface area contributed by atoms with Gasteiger partial charge in [-0.1, -0.05) is 11.2 Å². The van der Waals surface area contributed by atoms with Crippen LogP contribution in [0.5, 0.6) is 0 Å². The Morgan fingerprint density at radius 1 is 1.56 bits per heavy atom. The van der Waals surface area contributed by atoms with E-state index in [1.165, 1.54) is 0 Å². The zero-order chi connectivity index (χ0) is 6.69. The van der Waals surface area contributed by atoms with E-state index in [0.29, 0.717) is 11.7 Å². The molecule has 0 unspecified atom stereocenters. The van der Waals surface area contributed by atoms with Gasteiger partial charge >= 0.3 is 0 Å². The molecule has 1 aromatic heterocycles. The molecule has 0 radical (unpaired) electrons. The molecule has 0 aliphatic rings. The summed E-state index contributed by atoms with van der Waals surface area (Å²) in [5, 5.41) is 3.60. The summed E-state index contributed by atoms with van der Waals surface area (Å²) in [6.07, 6.45) is 3.62. The lowest BCUT2D eigenvalue weighted by Crippen LogP contribution is -1.71.